The number of aryl methyl sites for hydroxylation is 1. The summed E-state index contributed by atoms with van der Waals surface area (Å²) < 4.78 is 0. The predicted molar refractivity (Wildman–Crippen MR) is 65.7 cm³/mol. The molecule has 3 rings (SSSR count). The molecule has 1 saturated carbocycles. The van der Waals surface area contributed by atoms with Gasteiger partial charge in [-0.1, -0.05) is 12.1 Å². The molecule has 2 heteroatoms. The van der Waals surface area contributed by atoms with Gasteiger partial charge < -0.3 is 10.0 Å². The summed E-state index contributed by atoms with van der Waals surface area (Å²) in [5.74, 6) is 0. The van der Waals surface area contributed by atoms with Crippen LogP contribution in [0, 0.1) is 5.41 Å². The Morgan fingerprint density at radius 1 is 1.25 bits per heavy atom. The molecule has 2 aliphatic rings. The minimum Gasteiger partial charge on any atom is -0.396 e. The lowest BCUT2D eigenvalue weighted by Gasteiger charge is -2.42. The first-order valence-electron chi connectivity index (χ1n) is 6.26. The van der Waals surface area contributed by atoms with Crippen LogP contribution >= 0.6 is 0 Å². The fourth-order valence-corrected chi connectivity index (χ4v) is 2.63. The number of hydrogen-bond donors (Lipinski definition) is 1. The van der Waals surface area contributed by atoms with Gasteiger partial charge in [-0.05, 0) is 43.4 Å². The summed E-state index contributed by atoms with van der Waals surface area (Å²) in [5.41, 5.74) is 3.44. The SMILES string of the molecule is OCCCc1cccc(N2CC3(CC3)C2)c1. The minimum absolute atomic E-state index is 0.289. The molecule has 0 amide bonds. The van der Waals surface area contributed by atoms with Crippen molar-refractivity contribution in [2.24, 2.45) is 5.41 Å². The second-order valence-electron chi connectivity index (χ2n) is 5.35. The lowest BCUT2D eigenvalue weighted by Crippen LogP contribution is -2.48. The van der Waals surface area contributed by atoms with E-state index in [0.717, 1.165) is 18.3 Å². The van der Waals surface area contributed by atoms with Crippen LogP contribution in [0.1, 0.15) is 24.8 Å². The van der Waals surface area contributed by atoms with E-state index in [2.05, 4.69) is 29.2 Å². The van der Waals surface area contributed by atoms with Gasteiger partial charge in [0.1, 0.15) is 0 Å². The average molecular weight is 217 g/mol. The van der Waals surface area contributed by atoms with E-state index in [1.54, 1.807) is 0 Å². The maximum Gasteiger partial charge on any atom is 0.0434 e. The largest absolute Gasteiger partial charge is 0.396 e. The second-order valence-corrected chi connectivity index (χ2v) is 5.35. The lowest BCUT2D eigenvalue weighted by molar-refractivity contribution is 0.288. The topological polar surface area (TPSA) is 23.5 Å². The Kier molecular flexibility index (Phi) is 2.40. The van der Waals surface area contributed by atoms with Crippen LogP contribution in [-0.2, 0) is 6.42 Å². The van der Waals surface area contributed by atoms with Gasteiger partial charge >= 0.3 is 0 Å². The van der Waals surface area contributed by atoms with Gasteiger partial charge in [-0.2, -0.15) is 0 Å². The van der Waals surface area contributed by atoms with Crippen LogP contribution in [0.4, 0.5) is 5.69 Å². The number of rotatable bonds is 4. The molecule has 2 nitrogen and oxygen atoms in total. The molecule has 1 N–H and O–H groups in total. The van der Waals surface area contributed by atoms with Crippen molar-refractivity contribution in [1.82, 2.24) is 0 Å². The molecule has 1 aromatic rings. The Labute approximate surface area is 96.9 Å². The van der Waals surface area contributed by atoms with E-state index in [1.807, 2.05) is 0 Å². The summed E-state index contributed by atoms with van der Waals surface area (Å²) in [6.45, 7) is 2.81. The molecule has 0 unspecified atom stereocenters. The van der Waals surface area contributed by atoms with Crippen molar-refractivity contribution >= 4 is 5.69 Å². The molecule has 16 heavy (non-hydrogen) atoms. The normalized spacial score (nSPS) is 20.9. The molecule has 86 valence electrons. The van der Waals surface area contributed by atoms with Gasteiger partial charge in [-0.15, -0.1) is 0 Å². The molecule has 0 radical (unpaired) electrons. The van der Waals surface area contributed by atoms with Crippen LogP contribution in [0.3, 0.4) is 0 Å². The molecule has 0 aromatic heterocycles. The van der Waals surface area contributed by atoms with Gasteiger partial charge in [-0.25, -0.2) is 0 Å². The summed E-state index contributed by atoms with van der Waals surface area (Å²) in [6, 6.07) is 8.79. The van der Waals surface area contributed by atoms with E-state index in [4.69, 9.17) is 5.11 Å². The van der Waals surface area contributed by atoms with Gasteiger partial charge in [0.15, 0.2) is 0 Å². The van der Waals surface area contributed by atoms with Gasteiger partial charge in [0.2, 0.25) is 0 Å². The number of aliphatic hydroxyl groups is 1. The monoisotopic (exact) mass is 217 g/mol. The standard InChI is InChI=1S/C14H19NO/c16-8-2-4-12-3-1-5-13(9-12)15-10-14(11-15)6-7-14/h1,3,5,9,16H,2,4,6-8,10-11H2. The summed E-state index contributed by atoms with van der Waals surface area (Å²) in [5, 5.41) is 8.83. The zero-order chi connectivity index (χ0) is 11.0. The molecule has 0 bridgehead atoms. The van der Waals surface area contributed by atoms with E-state index in [-0.39, 0.29) is 6.61 Å². The van der Waals surface area contributed by atoms with Crippen molar-refractivity contribution in [2.75, 3.05) is 24.6 Å². The summed E-state index contributed by atoms with van der Waals surface area (Å²) in [6.07, 6.45) is 4.73. The highest BCUT2D eigenvalue weighted by atomic mass is 16.2. The van der Waals surface area contributed by atoms with E-state index in [1.165, 1.54) is 37.2 Å². The number of nitrogens with zero attached hydrogens (tertiary/aromatic N) is 1. The quantitative estimate of drug-likeness (QED) is 0.836. The molecule has 1 saturated heterocycles. The van der Waals surface area contributed by atoms with E-state index in [9.17, 15) is 0 Å². The molecule has 1 aliphatic heterocycles. The van der Waals surface area contributed by atoms with Crippen LogP contribution in [0.2, 0.25) is 0 Å². The van der Waals surface area contributed by atoms with Crippen molar-refractivity contribution in [3.05, 3.63) is 29.8 Å². The lowest BCUT2D eigenvalue weighted by atomic mass is 9.95. The molecule has 1 heterocycles. The number of benzene rings is 1. The smallest absolute Gasteiger partial charge is 0.0434 e. The molecule has 1 aromatic carbocycles. The Hall–Kier alpha value is -1.02. The molecule has 1 aliphatic carbocycles. The van der Waals surface area contributed by atoms with E-state index in [0.29, 0.717) is 0 Å². The number of aliphatic hydroxyl groups excluding tert-OH is 1. The first-order valence-corrected chi connectivity index (χ1v) is 6.26. The summed E-state index contributed by atoms with van der Waals surface area (Å²) >= 11 is 0. The molecule has 2 fully saturated rings. The van der Waals surface area contributed by atoms with Gasteiger partial charge in [0.25, 0.3) is 0 Å². The Bertz CT molecular complexity index is 376. The molecule has 1 spiro atoms. The van der Waals surface area contributed by atoms with Crippen LogP contribution in [-0.4, -0.2) is 24.8 Å². The Morgan fingerprint density at radius 3 is 2.75 bits per heavy atom. The van der Waals surface area contributed by atoms with Crippen molar-refractivity contribution in [3.8, 4) is 0 Å². The molecular weight excluding hydrogens is 198 g/mol. The van der Waals surface area contributed by atoms with Crippen LogP contribution in [0.15, 0.2) is 24.3 Å². The van der Waals surface area contributed by atoms with Gasteiger partial charge in [0, 0.05) is 30.8 Å². The van der Waals surface area contributed by atoms with Crippen LogP contribution in [0.5, 0.6) is 0 Å². The highest BCUT2D eigenvalue weighted by Crippen LogP contribution is 2.53. The van der Waals surface area contributed by atoms with Crippen molar-refractivity contribution in [2.45, 2.75) is 25.7 Å². The average Bonchev–Trinajstić information content (AvgIpc) is 3.05. The maximum absolute atomic E-state index is 8.83. The molecular formula is C14H19NO. The fraction of sp³-hybridized carbons (Fsp3) is 0.571. The summed E-state index contributed by atoms with van der Waals surface area (Å²) in [7, 11) is 0. The van der Waals surface area contributed by atoms with Gasteiger partial charge in [-0.3, -0.25) is 0 Å². The third-order valence-corrected chi connectivity index (χ3v) is 3.91. The first kappa shape index (κ1) is 10.2. The second kappa shape index (κ2) is 3.77. The zero-order valence-corrected chi connectivity index (χ0v) is 9.65. The predicted octanol–water partition coefficient (Wildman–Crippen LogP) is 2.21. The Morgan fingerprint density at radius 2 is 2.06 bits per heavy atom. The van der Waals surface area contributed by atoms with E-state index >= 15 is 0 Å². The highest BCUT2D eigenvalue weighted by Gasteiger charge is 2.52. The zero-order valence-electron chi connectivity index (χ0n) is 9.65. The molecule has 0 atom stereocenters. The minimum atomic E-state index is 0.289. The van der Waals surface area contributed by atoms with Gasteiger partial charge in [0.05, 0.1) is 0 Å². The van der Waals surface area contributed by atoms with E-state index < -0.39 is 0 Å². The summed E-state index contributed by atoms with van der Waals surface area (Å²) in [4.78, 5) is 2.48. The highest BCUT2D eigenvalue weighted by molar-refractivity contribution is 5.52. The third kappa shape index (κ3) is 1.82. The van der Waals surface area contributed by atoms with Crippen molar-refractivity contribution < 1.29 is 5.11 Å². The van der Waals surface area contributed by atoms with Crippen LogP contribution in [0.25, 0.3) is 0 Å². The van der Waals surface area contributed by atoms with Crippen molar-refractivity contribution in [1.29, 1.82) is 0 Å². The first-order chi connectivity index (χ1) is 7.81. The van der Waals surface area contributed by atoms with Crippen LogP contribution < -0.4 is 4.90 Å². The fourth-order valence-electron chi connectivity index (χ4n) is 2.63. The Balaban J connectivity index is 1.65. The van der Waals surface area contributed by atoms with Crippen molar-refractivity contribution in [3.63, 3.8) is 0 Å². The maximum atomic E-state index is 8.83. The number of hydrogen-bond acceptors (Lipinski definition) is 2. The number of anilines is 1. The third-order valence-electron chi connectivity index (χ3n) is 3.91.